The van der Waals surface area contributed by atoms with Gasteiger partial charge >= 0.3 is 0 Å². The zero-order valence-electron chi connectivity index (χ0n) is 17.9. The highest BCUT2D eigenvalue weighted by Crippen LogP contribution is 2.44. The molecule has 2 heterocycles. The molecule has 5 rings (SSSR count). The molecule has 1 unspecified atom stereocenters. The van der Waals surface area contributed by atoms with Crippen LogP contribution in [-0.4, -0.2) is 27.6 Å². The maximum atomic E-state index is 13.5. The van der Waals surface area contributed by atoms with Gasteiger partial charge in [0, 0.05) is 27.7 Å². The molecule has 7 heteroatoms. The second-order valence-corrected chi connectivity index (χ2v) is 8.71. The fourth-order valence-electron chi connectivity index (χ4n) is 4.26. The number of fused-ring (bicyclic) bond motifs is 1. The molecule has 0 saturated carbocycles. The van der Waals surface area contributed by atoms with Gasteiger partial charge < -0.3 is 9.64 Å². The number of halogens is 2. The molecular weight excluding hydrogens is 457 g/mol. The summed E-state index contributed by atoms with van der Waals surface area (Å²) in [5, 5.41) is 8.80. The molecular formula is C26H21Cl2N3O2. The second-order valence-electron chi connectivity index (χ2n) is 7.84. The van der Waals surface area contributed by atoms with E-state index in [4.69, 9.17) is 27.9 Å². The van der Waals surface area contributed by atoms with Crippen LogP contribution in [0.5, 0.6) is 5.75 Å². The van der Waals surface area contributed by atoms with Crippen LogP contribution in [0.25, 0.3) is 11.3 Å². The number of ether oxygens (including phenoxy) is 1. The smallest absolute Gasteiger partial charge is 0.273 e. The monoisotopic (exact) mass is 477 g/mol. The SMILES string of the molecule is CCOc1cccc(C2c3c(-c4ccc(Cl)cc4)n[nH]c3C(=O)N2Cc2ccc(Cl)cc2)c1. The topological polar surface area (TPSA) is 58.2 Å². The molecule has 1 atom stereocenters. The quantitative estimate of drug-likeness (QED) is 0.343. The van der Waals surface area contributed by atoms with Gasteiger partial charge in [0.2, 0.25) is 0 Å². The zero-order chi connectivity index (χ0) is 22.9. The van der Waals surface area contributed by atoms with Crippen molar-refractivity contribution in [1.82, 2.24) is 15.1 Å². The minimum atomic E-state index is -0.326. The number of nitrogens with one attached hydrogen (secondary N) is 1. The molecule has 1 aliphatic heterocycles. The summed E-state index contributed by atoms with van der Waals surface area (Å²) in [6, 6.07) is 22.6. The Bertz CT molecular complexity index is 1300. The number of carbonyl (C=O) groups excluding carboxylic acids is 1. The highest BCUT2D eigenvalue weighted by atomic mass is 35.5. The van der Waals surface area contributed by atoms with Gasteiger partial charge in [-0.15, -0.1) is 0 Å². The highest BCUT2D eigenvalue weighted by molar-refractivity contribution is 6.30. The van der Waals surface area contributed by atoms with Gasteiger partial charge in [-0.1, -0.05) is 59.6 Å². The second kappa shape index (κ2) is 8.93. The van der Waals surface area contributed by atoms with E-state index in [2.05, 4.69) is 10.2 Å². The van der Waals surface area contributed by atoms with E-state index in [1.54, 1.807) is 0 Å². The predicted molar refractivity (Wildman–Crippen MR) is 130 cm³/mol. The van der Waals surface area contributed by atoms with E-state index in [0.29, 0.717) is 28.9 Å². The number of rotatable bonds is 6. The van der Waals surface area contributed by atoms with Gasteiger partial charge in [-0.05, 0) is 54.4 Å². The first-order valence-corrected chi connectivity index (χ1v) is 11.4. The van der Waals surface area contributed by atoms with Crippen LogP contribution in [0.2, 0.25) is 10.0 Å². The van der Waals surface area contributed by atoms with Crippen molar-refractivity contribution in [3.63, 3.8) is 0 Å². The lowest BCUT2D eigenvalue weighted by molar-refractivity contribution is 0.0730. The molecule has 4 aromatic rings. The van der Waals surface area contributed by atoms with E-state index in [9.17, 15) is 4.79 Å². The summed E-state index contributed by atoms with van der Waals surface area (Å²) in [6.07, 6.45) is 0. The first-order chi connectivity index (χ1) is 16.0. The van der Waals surface area contributed by atoms with Crippen LogP contribution in [0.1, 0.15) is 40.1 Å². The van der Waals surface area contributed by atoms with Crippen LogP contribution < -0.4 is 4.74 Å². The third kappa shape index (κ3) is 4.10. The Balaban J connectivity index is 1.63. The molecule has 0 radical (unpaired) electrons. The minimum Gasteiger partial charge on any atom is -0.494 e. The first kappa shape index (κ1) is 21.6. The number of benzene rings is 3. The molecule has 166 valence electrons. The molecule has 0 spiro atoms. The van der Waals surface area contributed by atoms with E-state index in [0.717, 1.165) is 33.7 Å². The van der Waals surface area contributed by atoms with Crippen molar-refractivity contribution in [2.75, 3.05) is 6.61 Å². The van der Waals surface area contributed by atoms with E-state index >= 15 is 0 Å². The molecule has 0 aliphatic carbocycles. The standard InChI is InChI=1S/C26H21Cl2N3O2/c1-2-33-21-5-3-4-18(14-21)25-22-23(17-8-12-20(28)13-9-17)29-30-24(22)26(32)31(25)15-16-6-10-19(27)11-7-16/h3-14,25H,2,15H2,1H3,(H,29,30). The summed E-state index contributed by atoms with van der Waals surface area (Å²) < 4.78 is 5.74. The average Bonchev–Trinajstić information content (AvgIpc) is 3.36. The molecule has 1 N–H and O–H groups in total. The van der Waals surface area contributed by atoms with Crippen molar-refractivity contribution in [1.29, 1.82) is 0 Å². The summed E-state index contributed by atoms with van der Waals surface area (Å²) in [6.45, 7) is 2.95. The van der Waals surface area contributed by atoms with E-state index in [-0.39, 0.29) is 11.9 Å². The van der Waals surface area contributed by atoms with Crippen LogP contribution in [0.15, 0.2) is 72.8 Å². The van der Waals surface area contributed by atoms with Gasteiger partial charge in [-0.25, -0.2) is 0 Å². The van der Waals surface area contributed by atoms with Crippen molar-refractivity contribution in [3.05, 3.63) is 105 Å². The molecule has 5 nitrogen and oxygen atoms in total. The Labute approximate surface area is 201 Å². The van der Waals surface area contributed by atoms with E-state index in [1.807, 2.05) is 84.6 Å². The summed E-state index contributed by atoms with van der Waals surface area (Å²) in [5.41, 5.74) is 4.93. The van der Waals surface area contributed by atoms with Gasteiger partial charge in [0.1, 0.15) is 11.4 Å². The van der Waals surface area contributed by atoms with Crippen LogP contribution in [0.4, 0.5) is 0 Å². The Kier molecular flexibility index (Phi) is 5.83. The number of H-pyrrole nitrogens is 1. The van der Waals surface area contributed by atoms with Gasteiger partial charge in [-0.3, -0.25) is 9.89 Å². The summed E-state index contributed by atoms with van der Waals surface area (Å²) >= 11 is 12.2. The Morgan fingerprint density at radius 2 is 1.70 bits per heavy atom. The maximum Gasteiger partial charge on any atom is 0.273 e. The van der Waals surface area contributed by atoms with Crippen molar-refractivity contribution < 1.29 is 9.53 Å². The third-order valence-electron chi connectivity index (χ3n) is 5.73. The van der Waals surface area contributed by atoms with Crippen LogP contribution in [0, 0.1) is 0 Å². The molecule has 1 aromatic heterocycles. The van der Waals surface area contributed by atoms with Gasteiger partial charge in [-0.2, -0.15) is 5.10 Å². The highest BCUT2D eigenvalue weighted by Gasteiger charge is 2.42. The van der Waals surface area contributed by atoms with Crippen LogP contribution in [-0.2, 0) is 6.54 Å². The molecule has 1 aliphatic rings. The lowest BCUT2D eigenvalue weighted by atomic mass is 9.95. The van der Waals surface area contributed by atoms with Gasteiger partial charge in [0.25, 0.3) is 5.91 Å². The molecule has 0 saturated heterocycles. The lowest BCUT2D eigenvalue weighted by Gasteiger charge is -2.27. The van der Waals surface area contributed by atoms with Crippen molar-refractivity contribution in [2.45, 2.75) is 19.5 Å². The molecule has 33 heavy (non-hydrogen) atoms. The maximum absolute atomic E-state index is 13.5. The van der Waals surface area contributed by atoms with E-state index < -0.39 is 0 Å². The van der Waals surface area contributed by atoms with Crippen molar-refractivity contribution in [3.8, 4) is 17.0 Å². The average molecular weight is 478 g/mol. The minimum absolute atomic E-state index is 0.0977. The van der Waals surface area contributed by atoms with Crippen molar-refractivity contribution >= 4 is 29.1 Å². The van der Waals surface area contributed by atoms with Gasteiger partial charge in [0.05, 0.1) is 18.3 Å². The fourth-order valence-corrected chi connectivity index (χ4v) is 4.51. The number of carbonyl (C=O) groups is 1. The molecule has 0 bridgehead atoms. The fraction of sp³-hybridized carbons (Fsp3) is 0.154. The number of amides is 1. The Morgan fingerprint density at radius 3 is 2.39 bits per heavy atom. The number of hydrogen-bond acceptors (Lipinski definition) is 3. The molecule has 1 amide bonds. The lowest BCUT2D eigenvalue weighted by Crippen LogP contribution is -2.29. The van der Waals surface area contributed by atoms with Crippen LogP contribution >= 0.6 is 23.2 Å². The number of hydrogen-bond donors (Lipinski definition) is 1. The van der Waals surface area contributed by atoms with E-state index in [1.165, 1.54) is 0 Å². The zero-order valence-corrected chi connectivity index (χ0v) is 19.4. The van der Waals surface area contributed by atoms with Crippen LogP contribution in [0.3, 0.4) is 0 Å². The molecule has 3 aromatic carbocycles. The first-order valence-electron chi connectivity index (χ1n) is 10.7. The number of nitrogens with zero attached hydrogens (tertiary/aromatic N) is 2. The summed E-state index contributed by atoms with van der Waals surface area (Å²) in [4.78, 5) is 15.4. The molecule has 0 fully saturated rings. The third-order valence-corrected chi connectivity index (χ3v) is 6.24. The summed E-state index contributed by atoms with van der Waals surface area (Å²) in [7, 11) is 0. The number of aromatic amines is 1. The largest absolute Gasteiger partial charge is 0.494 e. The number of aromatic nitrogens is 2. The summed E-state index contributed by atoms with van der Waals surface area (Å²) in [5.74, 6) is 0.665. The van der Waals surface area contributed by atoms with Gasteiger partial charge in [0.15, 0.2) is 0 Å². The Hall–Kier alpha value is -3.28. The normalized spacial score (nSPS) is 15.1. The van der Waals surface area contributed by atoms with Crippen molar-refractivity contribution in [2.24, 2.45) is 0 Å². The Morgan fingerprint density at radius 1 is 1.00 bits per heavy atom. The predicted octanol–water partition coefficient (Wildman–Crippen LogP) is 6.53.